The number of aryl methyl sites for hydroxylation is 2. The third kappa shape index (κ3) is 8.21. The van der Waals surface area contributed by atoms with E-state index in [2.05, 4.69) is 24.4 Å². The molecule has 11 heteroatoms. The van der Waals surface area contributed by atoms with Gasteiger partial charge in [0.25, 0.3) is 5.91 Å². The molecule has 264 valence electrons. The Bertz CT molecular complexity index is 1780. The van der Waals surface area contributed by atoms with Crippen molar-refractivity contribution in [3.63, 3.8) is 0 Å². The van der Waals surface area contributed by atoms with E-state index in [0.717, 1.165) is 52.8 Å². The molecule has 2 fully saturated rings. The second kappa shape index (κ2) is 15.5. The van der Waals surface area contributed by atoms with Crippen molar-refractivity contribution in [2.24, 2.45) is 5.73 Å². The Labute approximate surface area is 290 Å². The normalized spacial score (nSPS) is 18.6. The molecule has 2 unspecified atom stereocenters. The maximum atomic E-state index is 14.7. The van der Waals surface area contributed by atoms with Gasteiger partial charge < -0.3 is 25.6 Å². The molecule has 0 radical (unpaired) electrons. The van der Waals surface area contributed by atoms with E-state index in [1.54, 1.807) is 0 Å². The highest BCUT2D eigenvalue weighted by Gasteiger charge is 2.43. The first kappa shape index (κ1) is 35.2. The molecule has 50 heavy (non-hydrogen) atoms. The van der Waals surface area contributed by atoms with Gasteiger partial charge in [0.2, 0.25) is 17.6 Å². The number of hydrogen-bond donors (Lipinski definition) is 2. The average molecular weight is 689 g/mol. The van der Waals surface area contributed by atoms with Crippen molar-refractivity contribution in [2.75, 3.05) is 19.7 Å². The molecule has 3 aromatic rings. The predicted octanol–water partition coefficient (Wildman–Crippen LogP) is 5.60. The molecule has 1 saturated heterocycles. The number of amides is 3. The van der Waals surface area contributed by atoms with Crippen LogP contribution >= 0.6 is 0 Å². The highest BCUT2D eigenvalue weighted by atomic mass is 19.2. The lowest BCUT2D eigenvalue weighted by Gasteiger charge is -2.45. The molecule has 3 aromatic carbocycles. The van der Waals surface area contributed by atoms with E-state index in [0.29, 0.717) is 50.9 Å². The molecule has 2 aliphatic heterocycles. The van der Waals surface area contributed by atoms with Crippen LogP contribution in [0, 0.1) is 24.4 Å². The van der Waals surface area contributed by atoms with Crippen molar-refractivity contribution < 1.29 is 32.3 Å². The van der Waals surface area contributed by atoms with Gasteiger partial charge in [0.15, 0.2) is 17.4 Å². The molecule has 3 aliphatic rings. The Kier molecular flexibility index (Phi) is 10.9. The summed E-state index contributed by atoms with van der Waals surface area (Å²) in [5, 5.41) is 3.64. The van der Waals surface area contributed by atoms with Crippen molar-refractivity contribution >= 4 is 23.3 Å². The molecule has 2 heterocycles. The summed E-state index contributed by atoms with van der Waals surface area (Å²) in [4.78, 5) is 43.0. The highest BCUT2D eigenvalue weighted by Crippen LogP contribution is 2.38. The summed E-state index contributed by atoms with van der Waals surface area (Å²) in [7, 11) is 0. The van der Waals surface area contributed by atoms with Crippen LogP contribution in [0.25, 0.3) is 5.57 Å². The van der Waals surface area contributed by atoms with Crippen LogP contribution in [0.2, 0.25) is 0 Å². The summed E-state index contributed by atoms with van der Waals surface area (Å²) < 4.78 is 46.6. The Balaban J connectivity index is 1.22. The van der Waals surface area contributed by atoms with Crippen molar-refractivity contribution in [3.8, 4) is 5.75 Å². The highest BCUT2D eigenvalue weighted by molar-refractivity contribution is 6.03. The molecule has 3 N–H and O–H groups in total. The monoisotopic (exact) mass is 688 g/mol. The van der Waals surface area contributed by atoms with Gasteiger partial charge >= 0.3 is 0 Å². The SMILES string of the molecule is Cc1ccccc1CN(C(=O)C1=C(c2ccc(CCCOc3c(F)ccc(F)c3F)cc2)CC2CN(C(=O)CCCC(N)=O)CC1N2)C1CC1. The Morgan fingerprint density at radius 3 is 2.40 bits per heavy atom. The van der Waals surface area contributed by atoms with Gasteiger partial charge in [-0.3, -0.25) is 14.4 Å². The van der Waals surface area contributed by atoms with Gasteiger partial charge in [0.05, 0.1) is 12.6 Å². The molecule has 2 bridgehead atoms. The van der Waals surface area contributed by atoms with E-state index in [1.807, 2.05) is 46.2 Å². The number of nitrogens with two attached hydrogens (primary N) is 1. The smallest absolute Gasteiger partial charge is 0.252 e. The minimum atomic E-state index is -1.34. The predicted molar refractivity (Wildman–Crippen MR) is 183 cm³/mol. The summed E-state index contributed by atoms with van der Waals surface area (Å²) in [6.07, 6.45) is 4.24. The second-order valence-corrected chi connectivity index (χ2v) is 13.5. The summed E-state index contributed by atoms with van der Waals surface area (Å²) >= 11 is 0. The Hall–Kier alpha value is -4.64. The standard InChI is InChI=1S/C39H43F3N4O4/c1-24-6-2-3-8-27(24)21-46(29-15-16-29)39(49)36-30(20-28-22-45(23-33(36)44-28)35(48)10-4-9-34(43)47)26-13-11-25(12-14-26)7-5-19-50-38-32(41)18-17-31(40)37(38)42/h2-3,6,8,11-14,17-18,28-29,33,44H,4-5,7,9-10,15-16,19-23H2,1H3,(H2,43,47). The van der Waals surface area contributed by atoms with Gasteiger partial charge in [0.1, 0.15) is 0 Å². The number of benzene rings is 3. The van der Waals surface area contributed by atoms with Gasteiger partial charge in [-0.15, -0.1) is 0 Å². The zero-order chi connectivity index (χ0) is 35.4. The summed E-state index contributed by atoms with van der Waals surface area (Å²) in [6.45, 7) is 3.41. The fourth-order valence-corrected chi connectivity index (χ4v) is 6.99. The molecule has 2 atom stereocenters. The van der Waals surface area contributed by atoms with Crippen LogP contribution in [-0.4, -0.2) is 65.3 Å². The third-order valence-corrected chi connectivity index (χ3v) is 9.81. The first-order valence-corrected chi connectivity index (χ1v) is 17.3. The fourth-order valence-electron chi connectivity index (χ4n) is 6.99. The van der Waals surface area contributed by atoms with Gasteiger partial charge in [-0.1, -0.05) is 48.5 Å². The number of carbonyl (C=O) groups is 3. The molecule has 6 rings (SSSR count). The second-order valence-electron chi connectivity index (χ2n) is 13.5. The Morgan fingerprint density at radius 1 is 0.940 bits per heavy atom. The van der Waals surface area contributed by atoms with Gasteiger partial charge in [-0.2, -0.15) is 4.39 Å². The number of ether oxygens (including phenoxy) is 1. The van der Waals surface area contributed by atoms with Crippen molar-refractivity contribution in [1.29, 1.82) is 0 Å². The van der Waals surface area contributed by atoms with Gasteiger partial charge in [-0.05, 0) is 85.4 Å². The number of fused-ring (bicyclic) bond motifs is 2. The summed E-state index contributed by atoms with van der Waals surface area (Å²) in [5.41, 5.74) is 11.1. The molecule has 8 nitrogen and oxygen atoms in total. The lowest BCUT2D eigenvalue weighted by Crippen LogP contribution is -2.62. The van der Waals surface area contributed by atoms with Crippen LogP contribution in [0.1, 0.15) is 67.2 Å². The molecule has 3 amide bonds. The minimum Gasteiger partial charge on any atom is -0.488 e. The van der Waals surface area contributed by atoms with Crippen molar-refractivity contribution in [3.05, 3.63) is 106 Å². The van der Waals surface area contributed by atoms with Crippen molar-refractivity contribution in [1.82, 2.24) is 15.1 Å². The molecule has 1 saturated carbocycles. The fraction of sp³-hybridized carbons (Fsp3) is 0.410. The topological polar surface area (TPSA) is 105 Å². The maximum Gasteiger partial charge on any atom is 0.252 e. The number of primary amides is 1. The molecule has 1 aliphatic carbocycles. The molecule has 0 aromatic heterocycles. The van der Waals surface area contributed by atoms with Crippen LogP contribution in [0.4, 0.5) is 13.2 Å². The first-order valence-electron chi connectivity index (χ1n) is 17.3. The van der Waals surface area contributed by atoms with Crippen LogP contribution < -0.4 is 15.8 Å². The lowest BCUT2D eigenvalue weighted by molar-refractivity contribution is -0.134. The summed E-state index contributed by atoms with van der Waals surface area (Å²) in [6, 6.07) is 17.4. The van der Waals surface area contributed by atoms with Crippen LogP contribution in [0.15, 0.2) is 66.2 Å². The number of halogens is 3. The van der Waals surface area contributed by atoms with E-state index in [9.17, 15) is 27.6 Å². The van der Waals surface area contributed by atoms with E-state index < -0.39 is 29.1 Å². The number of hydrogen-bond acceptors (Lipinski definition) is 5. The molecule has 0 spiro atoms. The quantitative estimate of drug-likeness (QED) is 0.170. The first-order chi connectivity index (χ1) is 24.1. The van der Waals surface area contributed by atoms with Crippen molar-refractivity contribution in [2.45, 2.75) is 83.0 Å². The van der Waals surface area contributed by atoms with Crippen LogP contribution in [0.3, 0.4) is 0 Å². The van der Waals surface area contributed by atoms with Crippen LogP contribution in [0.5, 0.6) is 5.75 Å². The third-order valence-electron chi connectivity index (χ3n) is 9.81. The molecular formula is C39H43F3N4O4. The molecular weight excluding hydrogens is 645 g/mol. The number of nitrogens with one attached hydrogen (secondary N) is 1. The number of rotatable bonds is 14. The Morgan fingerprint density at radius 2 is 1.68 bits per heavy atom. The number of piperazine rings is 1. The van der Waals surface area contributed by atoms with E-state index >= 15 is 0 Å². The van der Waals surface area contributed by atoms with Gasteiger partial charge in [-0.25, -0.2) is 8.78 Å². The largest absolute Gasteiger partial charge is 0.488 e. The number of nitrogens with zero attached hydrogens (tertiary/aromatic N) is 2. The maximum absolute atomic E-state index is 14.7. The average Bonchev–Trinajstić information content (AvgIpc) is 3.94. The van der Waals surface area contributed by atoms with E-state index in [1.165, 1.54) is 0 Å². The zero-order valence-electron chi connectivity index (χ0n) is 28.2. The van der Waals surface area contributed by atoms with Gasteiger partial charge in [0, 0.05) is 50.1 Å². The lowest BCUT2D eigenvalue weighted by atomic mass is 9.82. The number of carbonyl (C=O) groups excluding carboxylic acids is 3. The van der Waals surface area contributed by atoms with E-state index in [4.69, 9.17) is 10.5 Å². The minimum absolute atomic E-state index is 0.00746. The van der Waals surface area contributed by atoms with Crippen LogP contribution in [-0.2, 0) is 27.3 Å². The summed E-state index contributed by atoms with van der Waals surface area (Å²) in [5.74, 6) is -4.67. The zero-order valence-corrected chi connectivity index (χ0v) is 28.2. The van der Waals surface area contributed by atoms with E-state index in [-0.39, 0.29) is 49.4 Å².